The van der Waals surface area contributed by atoms with Crippen molar-refractivity contribution < 1.29 is 14.7 Å². The van der Waals surface area contributed by atoms with E-state index < -0.39 is 0 Å². The normalized spacial score (nSPS) is 12.2. The highest BCUT2D eigenvalue weighted by molar-refractivity contribution is 7.12. The van der Waals surface area contributed by atoms with E-state index in [1.54, 1.807) is 11.3 Å². The molecule has 0 aliphatic carbocycles. The van der Waals surface area contributed by atoms with Crippen LogP contribution in [-0.4, -0.2) is 29.4 Å². The highest BCUT2D eigenvalue weighted by Gasteiger charge is 2.14. The number of carbonyl (C=O) groups is 2. The van der Waals surface area contributed by atoms with Gasteiger partial charge in [0.2, 0.25) is 5.91 Å². The molecule has 2 N–H and O–H groups in total. The number of hydrogen-bond acceptors (Lipinski definition) is 4. The molecule has 5 heteroatoms. The van der Waals surface area contributed by atoms with Crippen LogP contribution in [0.1, 0.15) is 46.3 Å². The largest absolute Gasteiger partial charge is 0.396 e. The predicted octanol–water partition coefficient (Wildman–Crippen LogP) is 2.21. The maximum atomic E-state index is 12.0. The average molecular weight is 283 g/mol. The van der Waals surface area contributed by atoms with Gasteiger partial charge in [-0.15, -0.1) is 11.3 Å². The van der Waals surface area contributed by atoms with Crippen LogP contribution in [0, 0.1) is 13.8 Å². The molecule has 19 heavy (non-hydrogen) atoms. The van der Waals surface area contributed by atoms with Crippen molar-refractivity contribution in [2.24, 2.45) is 0 Å². The van der Waals surface area contributed by atoms with Crippen LogP contribution in [0.5, 0.6) is 0 Å². The van der Waals surface area contributed by atoms with Crippen molar-refractivity contribution in [3.63, 3.8) is 0 Å². The van der Waals surface area contributed by atoms with Crippen LogP contribution in [0.15, 0.2) is 6.07 Å². The van der Waals surface area contributed by atoms with E-state index in [0.717, 1.165) is 15.3 Å². The second kappa shape index (κ2) is 7.40. The highest BCUT2D eigenvalue weighted by atomic mass is 32.1. The van der Waals surface area contributed by atoms with E-state index >= 15 is 0 Å². The number of ketones is 1. The van der Waals surface area contributed by atoms with Gasteiger partial charge in [-0.3, -0.25) is 9.59 Å². The van der Waals surface area contributed by atoms with Crippen molar-refractivity contribution in [3.05, 3.63) is 21.4 Å². The molecule has 0 saturated heterocycles. The molecule has 0 spiro atoms. The van der Waals surface area contributed by atoms with Gasteiger partial charge in [0.05, 0.1) is 0 Å². The van der Waals surface area contributed by atoms with E-state index in [-0.39, 0.29) is 37.2 Å². The molecule has 1 aromatic rings. The number of rotatable bonds is 7. The minimum absolute atomic E-state index is 0.0202. The number of amides is 1. The summed E-state index contributed by atoms with van der Waals surface area (Å²) >= 11 is 1.60. The number of hydrogen-bond donors (Lipinski definition) is 2. The summed E-state index contributed by atoms with van der Waals surface area (Å²) in [7, 11) is 0. The molecule has 1 atom stereocenters. The summed E-state index contributed by atoms with van der Waals surface area (Å²) in [5, 5.41) is 11.5. The first kappa shape index (κ1) is 15.9. The van der Waals surface area contributed by atoms with Crippen LogP contribution in [0.2, 0.25) is 0 Å². The smallest absolute Gasteiger partial charge is 0.220 e. The average Bonchev–Trinajstić information content (AvgIpc) is 2.65. The lowest BCUT2D eigenvalue weighted by Crippen LogP contribution is -2.33. The van der Waals surface area contributed by atoms with Gasteiger partial charge in [0.25, 0.3) is 0 Å². The fraction of sp³-hybridized carbons (Fsp3) is 0.571. The number of aryl methyl sites for hydroxylation is 2. The SMILES string of the molecule is Cc1cc(C(=O)CCC(=O)N[C@H](C)CCO)c(C)s1. The Balaban J connectivity index is 2.42. The first-order chi connectivity index (χ1) is 8.93. The molecule has 0 fully saturated rings. The van der Waals surface area contributed by atoms with E-state index in [2.05, 4.69) is 5.32 Å². The third-order valence-electron chi connectivity index (χ3n) is 2.89. The minimum atomic E-state index is -0.140. The summed E-state index contributed by atoms with van der Waals surface area (Å²) in [5.74, 6) is -0.120. The monoisotopic (exact) mass is 283 g/mol. The maximum Gasteiger partial charge on any atom is 0.220 e. The third kappa shape index (κ3) is 5.12. The number of carbonyl (C=O) groups excluding carboxylic acids is 2. The number of nitrogens with one attached hydrogen (secondary N) is 1. The summed E-state index contributed by atoms with van der Waals surface area (Å²) < 4.78 is 0. The maximum absolute atomic E-state index is 12.0. The summed E-state index contributed by atoms with van der Waals surface area (Å²) in [6, 6.07) is 1.83. The van der Waals surface area contributed by atoms with Gasteiger partial charge in [0, 0.05) is 40.8 Å². The van der Waals surface area contributed by atoms with Crippen LogP contribution in [0.3, 0.4) is 0 Å². The molecule has 4 nitrogen and oxygen atoms in total. The number of aliphatic hydroxyl groups excluding tert-OH is 1. The summed E-state index contributed by atoms with van der Waals surface area (Å²) in [6.45, 7) is 5.78. The number of Topliss-reactive ketones (excluding diaryl/α,β-unsaturated/α-hetero) is 1. The molecule has 0 aromatic carbocycles. The third-order valence-corrected chi connectivity index (χ3v) is 3.86. The first-order valence-corrected chi connectivity index (χ1v) is 7.26. The molecule has 1 amide bonds. The Morgan fingerprint density at radius 2 is 2.05 bits per heavy atom. The molecule has 0 saturated carbocycles. The summed E-state index contributed by atoms with van der Waals surface area (Å²) in [4.78, 5) is 25.7. The molecule has 0 bridgehead atoms. The zero-order chi connectivity index (χ0) is 14.4. The summed E-state index contributed by atoms with van der Waals surface area (Å²) in [5.41, 5.74) is 0.735. The molecule has 1 aromatic heterocycles. The topological polar surface area (TPSA) is 66.4 Å². The van der Waals surface area contributed by atoms with Gasteiger partial charge in [-0.05, 0) is 33.3 Å². The Morgan fingerprint density at radius 1 is 1.37 bits per heavy atom. The van der Waals surface area contributed by atoms with Gasteiger partial charge in [0.15, 0.2) is 5.78 Å². The van der Waals surface area contributed by atoms with Crippen LogP contribution < -0.4 is 5.32 Å². The van der Waals surface area contributed by atoms with Gasteiger partial charge >= 0.3 is 0 Å². The molecular weight excluding hydrogens is 262 g/mol. The summed E-state index contributed by atoms with van der Waals surface area (Å²) in [6.07, 6.45) is 0.958. The van der Waals surface area contributed by atoms with Gasteiger partial charge < -0.3 is 10.4 Å². The quantitative estimate of drug-likeness (QED) is 0.754. The standard InChI is InChI=1S/C14H21NO3S/c1-9(6-7-16)15-14(18)5-4-13(17)12-8-10(2)19-11(12)3/h8-9,16H,4-7H2,1-3H3,(H,15,18)/t9-/m1/s1. The zero-order valence-electron chi connectivity index (χ0n) is 11.7. The second-order valence-corrected chi connectivity index (χ2v) is 6.19. The number of aliphatic hydroxyl groups is 1. The lowest BCUT2D eigenvalue weighted by atomic mass is 10.1. The fourth-order valence-corrected chi connectivity index (χ4v) is 2.82. The van der Waals surface area contributed by atoms with Crippen molar-refractivity contribution in [3.8, 4) is 0 Å². The van der Waals surface area contributed by atoms with Crippen molar-refractivity contribution in [2.75, 3.05) is 6.61 Å². The highest BCUT2D eigenvalue weighted by Crippen LogP contribution is 2.22. The Kier molecular flexibility index (Phi) is 6.18. The molecule has 0 aliphatic rings. The van der Waals surface area contributed by atoms with Gasteiger partial charge in [-0.25, -0.2) is 0 Å². The second-order valence-electron chi connectivity index (χ2n) is 4.73. The molecule has 1 heterocycles. The van der Waals surface area contributed by atoms with Crippen LogP contribution in [0.25, 0.3) is 0 Å². The van der Waals surface area contributed by atoms with Crippen LogP contribution in [0.4, 0.5) is 0 Å². The van der Waals surface area contributed by atoms with Gasteiger partial charge in [-0.1, -0.05) is 0 Å². The molecule has 1 rings (SSSR count). The van der Waals surface area contributed by atoms with Crippen molar-refractivity contribution in [2.45, 2.75) is 46.1 Å². The van der Waals surface area contributed by atoms with E-state index in [1.165, 1.54) is 0 Å². The Bertz CT molecular complexity index is 454. The zero-order valence-corrected chi connectivity index (χ0v) is 12.5. The number of thiophene rings is 1. The van der Waals surface area contributed by atoms with Crippen molar-refractivity contribution in [1.82, 2.24) is 5.32 Å². The van der Waals surface area contributed by atoms with E-state index in [1.807, 2.05) is 26.8 Å². The first-order valence-electron chi connectivity index (χ1n) is 6.44. The lowest BCUT2D eigenvalue weighted by molar-refractivity contribution is -0.121. The molecule has 0 aliphatic heterocycles. The fourth-order valence-electron chi connectivity index (χ4n) is 1.88. The minimum Gasteiger partial charge on any atom is -0.396 e. The van der Waals surface area contributed by atoms with E-state index in [0.29, 0.717) is 6.42 Å². The lowest BCUT2D eigenvalue weighted by Gasteiger charge is -2.11. The van der Waals surface area contributed by atoms with Gasteiger partial charge in [0.1, 0.15) is 0 Å². The Morgan fingerprint density at radius 3 is 2.58 bits per heavy atom. The van der Waals surface area contributed by atoms with Crippen LogP contribution in [-0.2, 0) is 4.79 Å². The van der Waals surface area contributed by atoms with E-state index in [4.69, 9.17) is 5.11 Å². The van der Waals surface area contributed by atoms with Gasteiger partial charge in [-0.2, -0.15) is 0 Å². The van der Waals surface area contributed by atoms with Crippen molar-refractivity contribution >= 4 is 23.0 Å². The van der Waals surface area contributed by atoms with Crippen LogP contribution >= 0.6 is 11.3 Å². The molecule has 106 valence electrons. The molecule has 0 unspecified atom stereocenters. The molecule has 0 radical (unpaired) electrons. The Labute approximate surface area is 117 Å². The predicted molar refractivity (Wildman–Crippen MR) is 76.7 cm³/mol. The molecular formula is C14H21NO3S. The van der Waals surface area contributed by atoms with E-state index in [9.17, 15) is 9.59 Å². The van der Waals surface area contributed by atoms with Crippen molar-refractivity contribution in [1.29, 1.82) is 0 Å². The Hall–Kier alpha value is -1.20.